The molecule has 0 amide bonds. The molecule has 3 aliphatic rings. The zero-order valence-electron chi connectivity index (χ0n) is 35.0. The Bertz CT molecular complexity index is 3100. The first kappa shape index (κ1) is 37.1. The lowest BCUT2D eigenvalue weighted by Crippen LogP contribution is -2.22. The SMILES string of the molecule is Cc1cc(-c2c3ccc(N4c5ccccc5Sc5ccccc54)cc3c(-c3cc(C)c(C)c(C)c3)c3ccc(N4C5=C(C=CCC5)Sc5ccccc54)cc23)cc(C)c1C. The highest BCUT2D eigenvalue weighted by Crippen LogP contribution is 2.55. The Morgan fingerprint density at radius 2 is 0.867 bits per heavy atom. The number of hydrogen-bond donors (Lipinski definition) is 0. The summed E-state index contributed by atoms with van der Waals surface area (Å²) in [6.07, 6.45) is 6.73. The van der Waals surface area contributed by atoms with Crippen LogP contribution in [0, 0.1) is 41.5 Å². The highest BCUT2D eigenvalue weighted by molar-refractivity contribution is 8.03. The van der Waals surface area contributed by atoms with E-state index in [9.17, 15) is 0 Å². The fourth-order valence-corrected chi connectivity index (χ4v) is 11.9. The molecule has 0 N–H and O–H groups in total. The zero-order chi connectivity index (χ0) is 40.8. The van der Waals surface area contributed by atoms with Crippen LogP contribution in [-0.2, 0) is 0 Å². The predicted octanol–water partition coefficient (Wildman–Crippen LogP) is 16.9. The molecule has 60 heavy (non-hydrogen) atoms. The van der Waals surface area contributed by atoms with Crippen LogP contribution < -0.4 is 9.80 Å². The Balaban J connectivity index is 1.26. The second kappa shape index (κ2) is 14.4. The first-order chi connectivity index (χ1) is 29.2. The van der Waals surface area contributed by atoms with E-state index in [0.717, 1.165) is 18.5 Å². The highest BCUT2D eigenvalue weighted by Gasteiger charge is 2.30. The van der Waals surface area contributed by atoms with Crippen LogP contribution in [0.1, 0.15) is 46.2 Å². The quantitative estimate of drug-likeness (QED) is 0.163. The Morgan fingerprint density at radius 1 is 0.433 bits per heavy atom. The summed E-state index contributed by atoms with van der Waals surface area (Å²) in [5.41, 5.74) is 20.5. The maximum absolute atomic E-state index is 2.55. The van der Waals surface area contributed by atoms with Gasteiger partial charge in [0.15, 0.2) is 0 Å². The van der Waals surface area contributed by atoms with Gasteiger partial charge in [-0.25, -0.2) is 0 Å². The van der Waals surface area contributed by atoms with Gasteiger partial charge in [-0.3, -0.25) is 0 Å². The van der Waals surface area contributed by atoms with Gasteiger partial charge in [0.1, 0.15) is 0 Å². The van der Waals surface area contributed by atoms with Crippen LogP contribution in [0.5, 0.6) is 0 Å². The lowest BCUT2D eigenvalue weighted by Gasteiger charge is -2.36. The third-order valence-corrected chi connectivity index (χ3v) is 15.4. The molecule has 0 spiro atoms. The Morgan fingerprint density at radius 3 is 1.37 bits per heavy atom. The van der Waals surface area contributed by atoms with Crippen molar-refractivity contribution in [1.82, 2.24) is 0 Å². The van der Waals surface area contributed by atoms with Gasteiger partial charge in [0.2, 0.25) is 0 Å². The first-order valence-electron chi connectivity index (χ1n) is 21.1. The second-order valence-corrected chi connectivity index (χ2v) is 18.9. The van der Waals surface area contributed by atoms with Crippen LogP contribution in [0.3, 0.4) is 0 Å². The molecule has 0 aromatic heterocycles. The van der Waals surface area contributed by atoms with E-state index < -0.39 is 0 Å². The smallest absolute Gasteiger partial charge is 0.0601 e. The number of anilines is 5. The zero-order valence-corrected chi connectivity index (χ0v) is 36.6. The number of benzene rings is 8. The maximum atomic E-state index is 2.55. The molecule has 8 aromatic carbocycles. The predicted molar refractivity (Wildman–Crippen MR) is 259 cm³/mol. The number of nitrogens with zero attached hydrogens (tertiary/aromatic N) is 2. The number of rotatable bonds is 4. The molecule has 0 saturated carbocycles. The van der Waals surface area contributed by atoms with Crippen molar-refractivity contribution in [2.45, 2.75) is 69.1 Å². The minimum atomic E-state index is 1.02. The van der Waals surface area contributed by atoms with E-state index in [1.807, 2.05) is 23.5 Å². The van der Waals surface area contributed by atoms with E-state index in [2.05, 4.69) is 197 Å². The highest BCUT2D eigenvalue weighted by atomic mass is 32.2. The minimum absolute atomic E-state index is 1.02. The normalized spacial score (nSPS) is 14.4. The van der Waals surface area contributed by atoms with Gasteiger partial charge >= 0.3 is 0 Å². The standard InChI is InChI=1S/C56H46N2S2/c1-33-27-39(28-34(2)37(33)5)55-43-25-23-42(58-49-17-9-13-21-53(49)60-54-22-14-10-18-50(54)58)32-46(43)56(40-29-35(3)38(6)36(4)30-40)44-26-24-41(31-45(44)55)57-47-15-7-11-19-51(47)59-52-20-12-8-16-48(52)57/h7-9,11-17,19-32H,10,18H2,1-6H3. The van der Waals surface area contributed by atoms with Crippen molar-refractivity contribution in [2.75, 3.05) is 9.80 Å². The number of thioether (sulfide) groups is 1. The number of hydrogen-bond acceptors (Lipinski definition) is 4. The van der Waals surface area contributed by atoms with Crippen molar-refractivity contribution in [3.05, 3.63) is 190 Å². The summed E-state index contributed by atoms with van der Waals surface area (Å²) >= 11 is 3.76. The van der Waals surface area contributed by atoms with E-state index >= 15 is 0 Å². The molecule has 0 radical (unpaired) electrons. The van der Waals surface area contributed by atoms with E-state index in [1.54, 1.807) is 0 Å². The first-order valence-corrected chi connectivity index (χ1v) is 22.7. The Labute approximate surface area is 362 Å². The fraction of sp³-hybridized carbons (Fsp3) is 0.143. The molecule has 11 rings (SSSR count). The van der Waals surface area contributed by atoms with Gasteiger partial charge in [0.25, 0.3) is 0 Å². The molecule has 0 saturated heterocycles. The summed E-state index contributed by atoms with van der Waals surface area (Å²) in [5, 5.41) is 5.07. The van der Waals surface area contributed by atoms with Crippen molar-refractivity contribution in [1.29, 1.82) is 0 Å². The molecule has 8 aromatic rings. The van der Waals surface area contributed by atoms with Crippen molar-refractivity contribution in [2.24, 2.45) is 0 Å². The van der Waals surface area contributed by atoms with Gasteiger partial charge in [0, 0.05) is 36.7 Å². The van der Waals surface area contributed by atoms with Crippen LogP contribution in [0.2, 0.25) is 0 Å². The average molecular weight is 811 g/mol. The largest absolute Gasteiger partial charge is 0.312 e. The summed E-state index contributed by atoms with van der Waals surface area (Å²) in [6, 6.07) is 50.8. The van der Waals surface area contributed by atoms with Crippen molar-refractivity contribution in [3.63, 3.8) is 0 Å². The summed E-state index contributed by atoms with van der Waals surface area (Å²) in [5.74, 6) is 0. The molecule has 0 atom stereocenters. The molecule has 0 bridgehead atoms. The van der Waals surface area contributed by atoms with Gasteiger partial charge in [-0.15, -0.1) is 0 Å². The van der Waals surface area contributed by atoms with Crippen LogP contribution in [0.25, 0.3) is 43.8 Å². The van der Waals surface area contributed by atoms with Gasteiger partial charge in [-0.1, -0.05) is 108 Å². The second-order valence-electron chi connectivity index (χ2n) is 16.7. The van der Waals surface area contributed by atoms with E-state index in [4.69, 9.17) is 0 Å². The maximum Gasteiger partial charge on any atom is 0.0601 e. The summed E-state index contributed by atoms with van der Waals surface area (Å²) < 4.78 is 0. The topological polar surface area (TPSA) is 6.48 Å². The van der Waals surface area contributed by atoms with Crippen molar-refractivity contribution < 1.29 is 0 Å². The molecular weight excluding hydrogens is 765 g/mol. The van der Waals surface area contributed by atoms with E-state index in [-0.39, 0.29) is 0 Å². The van der Waals surface area contributed by atoms with Crippen molar-refractivity contribution in [3.8, 4) is 22.3 Å². The van der Waals surface area contributed by atoms with Crippen molar-refractivity contribution >= 4 is 73.5 Å². The molecule has 2 heterocycles. The minimum Gasteiger partial charge on any atom is -0.312 e. The summed E-state index contributed by atoms with van der Waals surface area (Å²) in [7, 11) is 0. The van der Waals surface area contributed by atoms with Gasteiger partial charge in [-0.2, -0.15) is 0 Å². The number of aryl methyl sites for hydroxylation is 4. The molecule has 1 aliphatic carbocycles. The number of allylic oxidation sites excluding steroid dienone is 3. The molecule has 0 unspecified atom stereocenters. The molecule has 2 nitrogen and oxygen atoms in total. The Hall–Kier alpha value is -5.94. The molecule has 292 valence electrons. The van der Waals surface area contributed by atoms with Crippen LogP contribution in [-0.4, -0.2) is 0 Å². The van der Waals surface area contributed by atoms with Crippen LogP contribution in [0.4, 0.5) is 28.4 Å². The third kappa shape index (κ3) is 5.87. The average Bonchev–Trinajstić information content (AvgIpc) is 3.26. The van der Waals surface area contributed by atoms with Crippen LogP contribution in [0.15, 0.2) is 171 Å². The third-order valence-electron chi connectivity index (χ3n) is 13.2. The fourth-order valence-electron chi connectivity index (χ4n) is 9.68. The van der Waals surface area contributed by atoms with Crippen LogP contribution >= 0.6 is 23.5 Å². The lowest BCUT2D eigenvalue weighted by molar-refractivity contribution is 0.904. The molecule has 4 heteroatoms. The Kier molecular flexibility index (Phi) is 8.88. The van der Waals surface area contributed by atoms with E-state index in [1.165, 1.54) is 125 Å². The lowest BCUT2D eigenvalue weighted by atomic mass is 9.83. The monoisotopic (exact) mass is 810 g/mol. The van der Waals surface area contributed by atoms with Gasteiger partial charge < -0.3 is 9.80 Å². The van der Waals surface area contributed by atoms with E-state index in [0.29, 0.717) is 0 Å². The summed E-state index contributed by atoms with van der Waals surface area (Å²) in [6.45, 7) is 13.6. The molecule has 2 aliphatic heterocycles. The number of fused-ring (bicyclic) bond motifs is 5. The van der Waals surface area contributed by atoms with Gasteiger partial charge in [-0.05, 0) is 192 Å². The summed E-state index contributed by atoms with van der Waals surface area (Å²) in [4.78, 5) is 10.2. The molecule has 0 fully saturated rings. The molecular formula is C56H46N2S2. The number of para-hydroxylation sites is 3. The van der Waals surface area contributed by atoms with Gasteiger partial charge in [0.05, 0.1) is 17.1 Å².